The van der Waals surface area contributed by atoms with Crippen LogP contribution in [0.25, 0.3) is 10.9 Å². The highest BCUT2D eigenvalue weighted by atomic mass is 16.5. The minimum atomic E-state index is 0.571. The fourth-order valence-corrected chi connectivity index (χ4v) is 2.46. The van der Waals surface area contributed by atoms with Gasteiger partial charge < -0.3 is 14.8 Å². The second kappa shape index (κ2) is 6.68. The molecular weight excluding hydrogens is 252 g/mol. The van der Waals surface area contributed by atoms with Crippen LogP contribution in [0.4, 0.5) is 0 Å². The highest BCUT2D eigenvalue weighted by Crippen LogP contribution is 2.17. The maximum atomic E-state index is 5.75. The zero-order chi connectivity index (χ0) is 13.6. The standard InChI is InChI=1S/C16H20N2O2/c1-2-4-16-13(3-1)11-15(12-18-16)20-10-7-17-14-5-8-19-9-6-14/h1-4,11-12,14,17H,5-10H2. The second-order valence-electron chi connectivity index (χ2n) is 5.05. The highest BCUT2D eigenvalue weighted by molar-refractivity contribution is 5.79. The summed E-state index contributed by atoms with van der Waals surface area (Å²) in [6, 6.07) is 10.7. The maximum Gasteiger partial charge on any atom is 0.138 e. The Hall–Kier alpha value is -1.65. The van der Waals surface area contributed by atoms with Crippen molar-refractivity contribution < 1.29 is 9.47 Å². The smallest absolute Gasteiger partial charge is 0.138 e. The number of nitrogens with one attached hydrogen (secondary N) is 1. The van der Waals surface area contributed by atoms with Crippen molar-refractivity contribution in [3.8, 4) is 5.75 Å². The average molecular weight is 272 g/mol. The average Bonchev–Trinajstić information content (AvgIpc) is 2.52. The topological polar surface area (TPSA) is 43.4 Å². The molecule has 0 amide bonds. The van der Waals surface area contributed by atoms with Crippen LogP contribution in [-0.4, -0.2) is 37.4 Å². The summed E-state index contributed by atoms with van der Waals surface area (Å²) in [6.07, 6.45) is 3.98. The van der Waals surface area contributed by atoms with E-state index in [9.17, 15) is 0 Å². The number of ether oxygens (including phenoxy) is 2. The molecule has 1 fully saturated rings. The summed E-state index contributed by atoms with van der Waals surface area (Å²) >= 11 is 0. The first-order valence-corrected chi connectivity index (χ1v) is 7.20. The zero-order valence-corrected chi connectivity index (χ0v) is 11.5. The van der Waals surface area contributed by atoms with E-state index in [1.165, 1.54) is 0 Å². The first-order valence-electron chi connectivity index (χ1n) is 7.20. The zero-order valence-electron chi connectivity index (χ0n) is 11.5. The van der Waals surface area contributed by atoms with Crippen LogP contribution in [0.5, 0.6) is 5.75 Å². The number of aromatic nitrogens is 1. The van der Waals surface area contributed by atoms with Crippen LogP contribution < -0.4 is 10.1 Å². The molecule has 0 unspecified atom stereocenters. The summed E-state index contributed by atoms with van der Waals surface area (Å²) in [5, 5.41) is 4.62. The summed E-state index contributed by atoms with van der Waals surface area (Å²) in [5.41, 5.74) is 1.00. The van der Waals surface area contributed by atoms with E-state index in [1.807, 2.05) is 24.3 Å². The van der Waals surface area contributed by atoms with Gasteiger partial charge in [-0.15, -0.1) is 0 Å². The molecule has 0 aliphatic carbocycles. The third-order valence-electron chi connectivity index (χ3n) is 3.59. The number of para-hydroxylation sites is 1. The largest absolute Gasteiger partial charge is 0.491 e. The number of nitrogens with zero attached hydrogens (tertiary/aromatic N) is 1. The minimum Gasteiger partial charge on any atom is -0.491 e. The van der Waals surface area contributed by atoms with Gasteiger partial charge >= 0.3 is 0 Å². The van der Waals surface area contributed by atoms with Crippen LogP contribution in [0.1, 0.15) is 12.8 Å². The van der Waals surface area contributed by atoms with E-state index < -0.39 is 0 Å². The molecule has 0 atom stereocenters. The van der Waals surface area contributed by atoms with Gasteiger partial charge in [0.15, 0.2) is 0 Å². The summed E-state index contributed by atoms with van der Waals surface area (Å²) < 4.78 is 11.1. The van der Waals surface area contributed by atoms with Crippen LogP contribution in [0.3, 0.4) is 0 Å². The Morgan fingerprint density at radius 3 is 3.00 bits per heavy atom. The Labute approximate surface area is 119 Å². The van der Waals surface area contributed by atoms with Crippen molar-refractivity contribution in [1.82, 2.24) is 10.3 Å². The Morgan fingerprint density at radius 2 is 2.10 bits per heavy atom. The molecule has 1 aromatic heterocycles. The molecule has 3 rings (SSSR count). The fourth-order valence-electron chi connectivity index (χ4n) is 2.46. The van der Waals surface area contributed by atoms with Gasteiger partial charge in [0.2, 0.25) is 0 Å². The van der Waals surface area contributed by atoms with Gasteiger partial charge in [0.1, 0.15) is 12.4 Å². The van der Waals surface area contributed by atoms with Crippen LogP contribution in [-0.2, 0) is 4.74 Å². The molecule has 0 saturated carbocycles. The van der Waals surface area contributed by atoms with Crippen molar-refractivity contribution in [3.63, 3.8) is 0 Å². The second-order valence-corrected chi connectivity index (χ2v) is 5.05. The van der Waals surface area contributed by atoms with E-state index in [2.05, 4.69) is 16.4 Å². The van der Waals surface area contributed by atoms with E-state index in [-0.39, 0.29) is 0 Å². The quantitative estimate of drug-likeness (QED) is 0.849. The first-order chi connectivity index (χ1) is 9.92. The van der Waals surface area contributed by atoms with Crippen molar-refractivity contribution in [1.29, 1.82) is 0 Å². The number of hydrogen-bond donors (Lipinski definition) is 1. The molecule has 2 heterocycles. The third-order valence-corrected chi connectivity index (χ3v) is 3.59. The first kappa shape index (κ1) is 13.3. The Kier molecular flexibility index (Phi) is 4.46. The van der Waals surface area contributed by atoms with Crippen LogP contribution >= 0.6 is 0 Å². The monoisotopic (exact) mass is 272 g/mol. The summed E-state index contributed by atoms with van der Waals surface area (Å²) in [4.78, 5) is 4.39. The minimum absolute atomic E-state index is 0.571. The van der Waals surface area contributed by atoms with Crippen molar-refractivity contribution in [2.45, 2.75) is 18.9 Å². The van der Waals surface area contributed by atoms with Gasteiger partial charge in [-0.05, 0) is 25.0 Å². The Bertz CT molecular complexity index is 553. The molecule has 1 aliphatic heterocycles. The lowest BCUT2D eigenvalue weighted by Crippen LogP contribution is -2.37. The van der Waals surface area contributed by atoms with Crippen molar-refractivity contribution in [3.05, 3.63) is 36.5 Å². The highest BCUT2D eigenvalue weighted by Gasteiger charge is 2.12. The number of rotatable bonds is 5. The van der Waals surface area contributed by atoms with Gasteiger partial charge in [0, 0.05) is 31.2 Å². The molecule has 4 heteroatoms. The van der Waals surface area contributed by atoms with Crippen LogP contribution in [0.15, 0.2) is 36.5 Å². The molecule has 1 N–H and O–H groups in total. The van der Waals surface area contributed by atoms with E-state index >= 15 is 0 Å². The molecule has 20 heavy (non-hydrogen) atoms. The number of fused-ring (bicyclic) bond motifs is 1. The molecule has 1 saturated heterocycles. The summed E-state index contributed by atoms with van der Waals surface area (Å²) in [6.45, 7) is 3.26. The summed E-state index contributed by atoms with van der Waals surface area (Å²) in [5.74, 6) is 0.831. The van der Waals surface area contributed by atoms with Gasteiger partial charge in [-0.1, -0.05) is 18.2 Å². The fraction of sp³-hybridized carbons (Fsp3) is 0.438. The van der Waals surface area contributed by atoms with Crippen molar-refractivity contribution in [2.75, 3.05) is 26.4 Å². The molecule has 106 valence electrons. The number of pyridine rings is 1. The van der Waals surface area contributed by atoms with Gasteiger partial charge in [0.25, 0.3) is 0 Å². The molecule has 0 radical (unpaired) electrons. The Morgan fingerprint density at radius 1 is 1.25 bits per heavy atom. The van der Waals surface area contributed by atoms with Gasteiger partial charge in [-0.25, -0.2) is 0 Å². The molecule has 2 aromatic rings. The molecule has 0 spiro atoms. The SMILES string of the molecule is c1ccc2ncc(OCCNC3CCOCC3)cc2c1. The molecule has 0 bridgehead atoms. The van der Waals surface area contributed by atoms with Crippen molar-refractivity contribution in [2.24, 2.45) is 0 Å². The van der Waals surface area contributed by atoms with Gasteiger partial charge in [-0.2, -0.15) is 0 Å². The van der Waals surface area contributed by atoms with Crippen LogP contribution in [0, 0.1) is 0 Å². The maximum absolute atomic E-state index is 5.75. The summed E-state index contributed by atoms with van der Waals surface area (Å²) in [7, 11) is 0. The predicted octanol–water partition coefficient (Wildman–Crippen LogP) is 2.38. The lowest BCUT2D eigenvalue weighted by atomic mass is 10.1. The Balaban J connectivity index is 1.47. The number of hydrogen-bond acceptors (Lipinski definition) is 4. The third kappa shape index (κ3) is 3.46. The van der Waals surface area contributed by atoms with Crippen LogP contribution in [0.2, 0.25) is 0 Å². The lowest BCUT2D eigenvalue weighted by molar-refractivity contribution is 0.0770. The molecule has 1 aliphatic rings. The molecule has 4 nitrogen and oxygen atoms in total. The van der Waals surface area contributed by atoms with Gasteiger partial charge in [-0.3, -0.25) is 4.98 Å². The van der Waals surface area contributed by atoms with E-state index in [1.54, 1.807) is 6.20 Å². The van der Waals surface area contributed by atoms with E-state index in [0.29, 0.717) is 12.6 Å². The van der Waals surface area contributed by atoms with Crippen molar-refractivity contribution >= 4 is 10.9 Å². The number of benzene rings is 1. The normalized spacial score (nSPS) is 16.4. The van der Waals surface area contributed by atoms with E-state index in [4.69, 9.17) is 9.47 Å². The molecule has 1 aromatic carbocycles. The molecular formula is C16H20N2O2. The lowest BCUT2D eigenvalue weighted by Gasteiger charge is -2.23. The van der Waals surface area contributed by atoms with E-state index in [0.717, 1.165) is 49.3 Å². The predicted molar refractivity (Wildman–Crippen MR) is 79.1 cm³/mol. The van der Waals surface area contributed by atoms with Gasteiger partial charge in [0.05, 0.1) is 11.7 Å².